The second-order valence-corrected chi connectivity index (χ2v) is 9.43. The molecule has 0 spiro atoms. The first-order valence-electron chi connectivity index (χ1n) is 11.0. The summed E-state index contributed by atoms with van der Waals surface area (Å²) in [6.45, 7) is 2.59. The predicted molar refractivity (Wildman–Crippen MR) is 116 cm³/mol. The highest BCUT2D eigenvalue weighted by Gasteiger charge is 2.36. The second kappa shape index (κ2) is 7.42. The zero-order valence-corrected chi connectivity index (χ0v) is 18.4. The van der Waals surface area contributed by atoms with Crippen molar-refractivity contribution in [2.45, 2.75) is 63.9 Å². The lowest BCUT2D eigenvalue weighted by Gasteiger charge is -2.30. The van der Waals surface area contributed by atoms with Crippen LogP contribution in [0, 0.1) is 12.7 Å². The van der Waals surface area contributed by atoms with E-state index < -0.39 is 5.82 Å². The molecule has 2 fully saturated rings. The first-order chi connectivity index (χ1) is 15.4. The molecule has 0 radical (unpaired) electrons. The topological polar surface area (TPSA) is 71.8 Å². The number of carbonyl (C=O) groups is 1. The van der Waals surface area contributed by atoms with Crippen LogP contribution in [0.4, 0.5) is 4.39 Å². The van der Waals surface area contributed by atoms with Crippen LogP contribution >= 0.6 is 11.6 Å². The molecule has 3 atom stereocenters. The van der Waals surface area contributed by atoms with E-state index in [-0.39, 0.29) is 12.0 Å². The molecule has 3 aliphatic rings. The number of hydrogen-bond donors (Lipinski definition) is 1. The molecule has 1 aromatic carbocycles. The average Bonchev–Trinajstić information content (AvgIpc) is 3.41. The smallest absolute Gasteiger partial charge is 0.258 e. The van der Waals surface area contributed by atoms with Gasteiger partial charge < -0.3 is 15.0 Å². The van der Waals surface area contributed by atoms with Gasteiger partial charge in [-0.3, -0.25) is 4.79 Å². The van der Waals surface area contributed by atoms with Crippen LogP contribution < -0.4 is 10.1 Å². The fraction of sp³-hybridized carbons (Fsp3) is 0.435. The van der Waals surface area contributed by atoms with Gasteiger partial charge in [0.2, 0.25) is 0 Å². The highest BCUT2D eigenvalue weighted by atomic mass is 35.5. The number of piperidine rings is 1. The van der Waals surface area contributed by atoms with Crippen LogP contribution in [-0.4, -0.2) is 43.6 Å². The predicted octanol–water partition coefficient (Wildman–Crippen LogP) is 3.65. The molecule has 1 amide bonds. The van der Waals surface area contributed by atoms with E-state index in [4.69, 9.17) is 16.3 Å². The Balaban J connectivity index is 1.26. The van der Waals surface area contributed by atoms with E-state index >= 15 is 0 Å². The van der Waals surface area contributed by atoms with Gasteiger partial charge in [0.25, 0.3) is 5.91 Å². The van der Waals surface area contributed by atoms with Crippen molar-refractivity contribution in [1.82, 2.24) is 24.8 Å². The van der Waals surface area contributed by atoms with Gasteiger partial charge in [0.05, 0.1) is 41.3 Å². The molecule has 2 aromatic heterocycles. The molecule has 7 nitrogen and oxygen atoms in total. The number of ether oxygens (including phenoxy) is 1. The lowest BCUT2D eigenvalue weighted by Crippen LogP contribution is -2.42. The summed E-state index contributed by atoms with van der Waals surface area (Å²) in [5.41, 5.74) is 3.52. The molecule has 3 aromatic rings. The van der Waals surface area contributed by atoms with E-state index in [0.717, 1.165) is 42.6 Å². The summed E-state index contributed by atoms with van der Waals surface area (Å²) in [4.78, 5) is 19.7. The van der Waals surface area contributed by atoms with Crippen molar-refractivity contribution in [3.63, 3.8) is 0 Å². The Bertz CT molecular complexity index is 1230. The van der Waals surface area contributed by atoms with Crippen molar-refractivity contribution in [3.05, 3.63) is 57.8 Å². The van der Waals surface area contributed by atoms with Gasteiger partial charge in [-0.1, -0.05) is 11.6 Å². The normalized spacial score (nSPS) is 24.2. The third kappa shape index (κ3) is 3.33. The standard InChI is InChI=1S/C23H23ClFN5O2/c1-12-19(24)10-30-22(26-12)18-9-29(11-20(18)28-30)23(31)17-5-2-13(25)6-21(17)32-16-7-14-3-4-15(8-16)27-14/h2,5-6,10,14-16,27H,3-4,7-9,11H2,1H3/t14-,15+,16+. The van der Waals surface area contributed by atoms with Crippen LogP contribution in [0.5, 0.6) is 5.75 Å². The molecule has 0 aliphatic carbocycles. The van der Waals surface area contributed by atoms with Crippen LogP contribution in [-0.2, 0) is 13.1 Å². The summed E-state index contributed by atoms with van der Waals surface area (Å²) < 4.78 is 21.9. The summed E-state index contributed by atoms with van der Waals surface area (Å²) >= 11 is 6.17. The van der Waals surface area contributed by atoms with Crippen LogP contribution in [0.15, 0.2) is 24.4 Å². The molecular formula is C23H23ClFN5O2. The number of halogens is 2. The summed E-state index contributed by atoms with van der Waals surface area (Å²) in [7, 11) is 0. The van der Waals surface area contributed by atoms with E-state index in [0.29, 0.717) is 47.2 Å². The average molecular weight is 456 g/mol. The zero-order chi connectivity index (χ0) is 22.0. The Morgan fingerprint density at radius 3 is 2.81 bits per heavy atom. The number of benzene rings is 1. The van der Waals surface area contributed by atoms with Crippen molar-refractivity contribution < 1.29 is 13.9 Å². The van der Waals surface area contributed by atoms with Crippen molar-refractivity contribution in [2.75, 3.05) is 0 Å². The summed E-state index contributed by atoms with van der Waals surface area (Å²) in [5.74, 6) is -0.285. The van der Waals surface area contributed by atoms with Gasteiger partial charge in [-0.15, -0.1) is 0 Å². The van der Waals surface area contributed by atoms with Crippen LogP contribution in [0.3, 0.4) is 0 Å². The minimum absolute atomic E-state index is 0.0148. The number of nitrogens with one attached hydrogen (secondary N) is 1. The van der Waals surface area contributed by atoms with Crippen molar-refractivity contribution in [1.29, 1.82) is 0 Å². The monoisotopic (exact) mass is 455 g/mol. The molecule has 0 unspecified atom stereocenters. The molecule has 2 saturated heterocycles. The minimum Gasteiger partial charge on any atom is -0.489 e. The molecule has 32 heavy (non-hydrogen) atoms. The fourth-order valence-corrected chi connectivity index (χ4v) is 5.34. The van der Waals surface area contributed by atoms with E-state index in [2.05, 4.69) is 15.4 Å². The molecule has 166 valence electrons. The van der Waals surface area contributed by atoms with Crippen LogP contribution in [0.25, 0.3) is 5.65 Å². The number of fused-ring (bicyclic) bond motifs is 5. The maximum absolute atomic E-state index is 14.1. The van der Waals surface area contributed by atoms with E-state index in [9.17, 15) is 9.18 Å². The number of hydrogen-bond acceptors (Lipinski definition) is 5. The summed E-state index contributed by atoms with van der Waals surface area (Å²) in [6.07, 6.45) is 5.76. The van der Waals surface area contributed by atoms with Gasteiger partial charge in [0, 0.05) is 23.7 Å². The number of amides is 1. The number of rotatable bonds is 3. The highest BCUT2D eigenvalue weighted by Crippen LogP contribution is 2.33. The largest absolute Gasteiger partial charge is 0.489 e. The third-order valence-electron chi connectivity index (χ3n) is 6.79. The fourth-order valence-electron chi connectivity index (χ4n) is 5.21. The second-order valence-electron chi connectivity index (χ2n) is 9.02. The first kappa shape index (κ1) is 19.9. The first-order valence-corrected chi connectivity index (χ1v) is 11.4. The van der Waals surface area contributed by atoms with Gasteiger partial charge in [-0.05, 0) is 44.7 Å². The van der Waals surface area contributed by atoms with Crippen molar-refractivity contribution in [2.24, 2.45) is 0 Å². The zero-order valence-electron chi connectivity index (χ0n) is 17.6. The van der Waals surface area contributed by atoms with Gasteiger partial charge >= 0.3 is 0 Å². The SMILES string of the molecule is Cc1nc2c3c(nn2cc1Cl)CN(C(=O)c1ccc(F)cc1O[C@H]1C[C@H]2CC[C@@H](C1)N2)C3. The maximum atomic E-state index is 14.1. The van der Waals surface area contributed by atoms with Gasteiger partial charge in [0.1, 0.15) is 17.7 Å². The molecule has 3 aliphatic heterocycles. The number of aromatic nitrogens is 3. The molecule has 5 heterocycles. The molecule has 1 N–H and O–H groups in total. The lowest BCUT2D eigenvalue weighted by molar-refractivity contribution is 0.0737. The molecular weight excluding hydrogens is 433 g/mol. The Labute approximate surface area is 189 Å². The molecule has 9 heteroatoms. The maximum Gasteiger partial charge on any atom is 0.258 e. The van der Waals surface area contributed by atoms with Gasteiger partial charge in [-0.25, -0.2) is 13.9 Å². The van der Waals surface area contributed by atoms with Gasteiger partial charge in [0.15, 0.2) is 5.65 Å². The summed E-state index contributed by atoms with van der Waals surface area (Å²) in [6, 6.07) is 5.05. The van der Waals surface area contributed by atoms with E-state index in [1.807, 2.05) is 6.92 Å². The summed E-state index contributed by atoms with van der Waals surface area (Å²) in [5, 5.41) is 8.68. The minimum atomic E-state index is -0.410. The number of aryl methyl sites for hydroxylation is 1. The van der Waals surface area contributed by atoms with Crippen molar-refractivity contribution in [3.8, 4) is 5.75 Å². The Morgan fingerprint density at radius 2 is 2.03 bits per heavy atom. The number of carbonyl (C=O) groups excluding carboxylic acids is 1. The lowest BCUT2D eigenvalue weighted by atomic mass is 10.0. The quantitative estimate of drug-likeness (QED) is 0.652. The van der Waals surface area contributed by atoms with Crippen molar-refractivity contribution >= 4 is 23.2 Å². The molecule has 2 bridgehead atoms. The van der Waals surface area contributed by atoms with E-state index in [1.165, 1.54) is 18.2 Å². The molecule has 6 rings (SSSR count). The Hall–Kier alpha value is -2.71. The Morgan fingerprint density at radius 1 is 1.25 bits per heavy atom. The van der Waals surface area contributed by atoms with Crippen LogP contribution in [0.2, 0.25) is 5.02 Å². The molecule has 0 saturated carbocycles. The Kier molecular flexibility index (Phi) is 4.62. The van der Waals surface area contributed by atoms with E-state index in [1.54, 1.807) is 15.6 Å². The van der Waals surface area contributed by atoms with Crippen LogP contribution in [0.1, 0.15) is 53.0 Å². The number of nitrogens with zero attached hydrogens (tertiary/aromatic N) is 4. The van der Waals surface area contributed by atoms with Gasteiger partial charge in [-0.2, -0.15) is 5.10 Å². The third-order valence-corrected chi connectivity index (χ3v) is 7.16. The highest BCUT2D eigenvalue weighted by molar-refractivity contribution is 6.31.